The normalized spacial score (nSPS) is 22.6. The molecule has 5 rings (SSSR count). The second kappa shape index (κ2) is 9.77. The first-order valence-corrected chi connectivity index (χ1v) is 13.3. The van der Waals surface area contributed by atoms with Gasteiger partial charge in [-0.2, -0.15) is 23.1 Å². The molecular formula is C23H29N9O2S. The minimum Gasteiger partial charge on any atom is -0.367 e. The zero-order chi connectivity index (χ0) is 24.4. The van der Waals surface area contributed by atoms with Crippen LogP contribution in [0.4, 0.5) is 17.5 Å². The van der Waals surface area contributed by atoms with E-state index < -0.39 is 10.2 Å². The van der Waals surface area contributed by atoms with Gasteiger partial charge in [0.05, 0.1) is 11.6 Å². The number of pyridine rings is 2. The van der Waals surface area contributed by atoms with Gasteiger partial charge in [0.1, 0.15) is 11.6 Å². The topological polar surface area (TPSA) is 152 Å². The van der Waals surface area contributed by atoms with E-state index >= 15 is 0 Å². The highest BCUT2D eigenvalue weighted by Gasteiger charge is 2.44. The van der Waals surface area contributed by atoms with Gasteiger partial charge in [0.15, 0.2) is 5.82 Å². The highest BCUT2D eigenvalue weighted by Crippen LogP contribution is 2.37. The van der Waals surface area contributed by atoms with Gasteiger partial charge in [-0.3, -0.25) is 10.1 Å². The monoisotopic (exact) mass is 495 g/mol. The van der Waals surface area contributed by atoms with Gasteiger partial charge in [-0.25, -0.2) is 9.71 Å². The number of fused-ring (bicyclic) bond motifs is 3. The third-order valence-corrected chi connectivity index (χ3v) is 8.33. The van der Waals surface area contributed by atoms with Crippen LogP contribution in [0.1, 0.15) is 44.2 Å². The Morgan fingerprint density at radius 1 is 1.23 bits per heavy atom. The van der Waals surface area contributed by atoms with E-state index in [1.165, 1.54) is 0 Å². The molecule has 12 heteroatoms. The molecule has 5 heterocycles. The highest BCUT2D eigenvalue weighted by atomic mass is 32.2. The Kier molecular flexibility index (Phi) is 6.55. The van der Waals surface area contributed by atoms with Gasteiger partial charge in [0, 0.05) is 60.5 Å². The van der Waals surface area contributed by atoms with Gasteiger partial charge in [-0.15, -0.1) is 0 Å². The van der Waals surface area contributed by atoms with Crippen LogP contribution in [0.3, 0.4) is 0 Å². The van der Waals surface area contributed by atoms with E-state index in [-0.39, 0.29) is 31.1 Å². The number of H-pyrrole nitrogens is 1. The SMILES string of the molecule is Cc1cc(Nc2cc3ncccc3c(NC3CC4CCCC(C3)N4S(=O)(=O)NCCC#N)n2)n[nH]1. The van der Waals surface area contributed by atoms with Crippen molar-refractivity contribution in [2.45, 2.75) is 63.6 Å². The maximum atomic E-state index is 13.0. The highest BCUT2D eigenvalue weighted by molar-refractivity contribution is 7.87. The zero-order valence-electron chi connectivity index (χ0n) is 19.5. The average Bonchev–Trinajstić information content (AvgIpc) is 3.23. The molecule has 2 aliphatic rings. The Bertz CT molecular complexity index is 1340. The number of hydrogen-bond acceptors (Lipinski definition) is 8. The molecule has 0 aliphatic carbocycles. The van der Waals surface area contributed by atoms with Gasteiger partial charge in [0.25, 0.3) is 10.2 Å². The molecule has 0 saturated carbocycles. The number of aryl methyl sites for hydroxylation is 1. The lowest BCUT2D eigenvalue weighted by Crippen LogP contribution is -2.59. The van der Waals surface area contributed by atoms with Crippen molar-refractivity contribution in [3.8, 4) is 6.07 Å². The van der Waals surface area contributed by atoms with E-state index in [0.29, 0.717) is 24.5 Å². The maximum Gasteiger partial charge on any atom is 0.279 e. The quantitative estimate of drug-likeness (QED) is 0.348. The summed E-state index contributed by atoms with van der Waals surface area (Å²) in [6, 6.07) is 9.56. The smallest absolute Gasteiger partial charge is 0.279 e. The molecule has 0 aromatic carbocycles. The van der Waals surface area contributed by atoms with Crippen LogP contribution in [0.15, 0.2) is 30.5 Å². The summed E-state index contributed by atoms with van der Waals surface area (Å²) in [5, 5.41) is 23.7. The summed E-state index contributed by atoms with van der Waals surface area (Å²) in [4.78, 5) is 9.33. The van der Waals surface area contributed by atoms with Crippen molar-refractivity contribution in [2.24, 2.45) is 0 Å². The molecule has 2 atom stereocenters. The standard InChI is InChI=1S/C23H29N9O2S/c1-15-11-22(31-30-15)28-21-14-20-19(7-3-9-25-20)23(29-21)27-16-12-17-5-2-6-18(13-16)32(17)35(33,34)26-10-4-8-24/h3,7,9,11,14,16-18,26H,2,4-6,10,12-13H2,1H3,(H3,27,28,29,30,31). The molecule has 0 radical (unpaired) electrons. The summed E-state index contributed by atoms with van der Waals surface area (Å²) >= 11 is 0. The maximum absolute atomic E-state index is 13.0. The molecule has 2 unspecified atom stereocenters. The molecule has 4 N–H and O–H groups in total. The molecule has 0 amide bonds. The predicted molar refractivity (Wildman–Crippen MR) is 133 cm³/mol. The second-order valence-electron chi connectivity index (χ2n) is 9.18. The fourth-order valence-electron chi connectivity index (χ4n) is 5.22. The first-order valence-electron chi connectivity index (χ1n) is 11.9. The Morgan fingerprint density at radius 2 is 2.03 bits per heavy atom. The minimum absolute atomic E-state index is 0.0784. The number of nitrogens with one attached hydrogen (secondary N) is 4. The molecule has 184 valence electrons. The average molecular weight is 496 g/mol. The van der Waals surface area contributed by atoms with Gasteiger partial charge >= 0.3 is 0 Å². The van der Waals surface area contributed by atoms with Crippen LogP contribution in [0, 0.1) is 18.3 Å². The Morgan fingerprint density at radius 3 is 2.74 bits per heavy atom. The molecule has 35 heavy (non-hydrogen) atoms. The van der Waals surface area contributed by atoms with E-state index in [0.717, 1.165) is 41.7 Å². The minimum atomic E-state index is -3.63. The molecule has 2 saturated heterocycles. The fourth-order valence-corrected chi connectivity index (χ4v) is 6.89. The number of nitriles is 1. The van der Waals surface area contributed by atoms with E-state index in [2.05, 4.69) is 30.5 Å². The van der Waals surface area contributed by atoms with Crippen molar-refractivity contribution in [1.29, 1.82) is 5.26 Å². The third-order valence-electron chi connectivity index (χ3n) is 6.61. The van der Waals surface area contributed by atoms with Crippen molar-refractivity contribution >= 4 is 38.6 Å². The lowest BCUT2D eigenvalue weighted by atomic mass is 9.84. The summed E-state index contributed by atoms with van der Waals surface area (Å²) in [5.41, 5.74) is 1.75. The molecule has 3 aromatic rings. The first-order chi connectivity index (χ1) is 16.9. The Balaban J connectivity index is 1.37. The van der Waals surface area contributed by atoms with Crippen molar-refractivity contribution < 1.29 is 8.42 Å². The molecule has 2 aliphatic heterocycles. The van der Waals surface area contributed by atoms with Crippen LogP contribution in [0.5, 0.6) is 0 Å². The lowest BCUT2D eigenvalue weighted by molar-refractivity contribution is 0.114. The molecule has 0 spiro atoms. The number of hydrogen-bond donors (Lipinski definition) is 4. The van der Waals surface area contributed by atoms with E-state index in [4.69, 9.17) is 10.2 Å². The van der Waals surface area contributed by atoms with Crippen LogP contribution in [-0.2, 0) is 10.2 Å². The van der Waals surface area contributed by atoms with Crippen molar-refractivity contribution in [3.05, 3.63) is 36.2 Å². The van der Waals surface area contributed by atoms with Crippen molar-refractivity contribution in [3.63, 3.8) is 0 Å². The Labute approximate surface area is 204 Å². The van der Waals surface area contributed by atoms with E-state index in [1.807, 2.05) is 37.3 Å². The van der Waals surface area contributed by atoms with Crippen LogP contribution in [0.25, 0.3) is 10.9 Å². The number of piperidine rings is 2. The number of anilines is 3. The van der Waals surface area contributed by atoms with Crippen LogP contribution in [-0.4, -0.2) is 57.6 Å². The third kappa shape index (κ3) is 5.07. The largest absolute Gasteiger partial charge is 0.367 e. The summed E-state index contributed by atoms with van der Waals surface area (Å²) < 4.78 is 30.2. The second-order valence-corrected chi connectivity index (χ2v) is 10.8. The lowest BCUT2D eigenvalue weighted by Gasteiger charge is -2.47. The molecule has 11 nitrogen and oxygen atoms in total. The number of nitrogens with zero attached hydrogens (tertiary/aromatic N) is 5. The van der Waals surface area contributed by atoms with Gasteiger partial charge in [-0.1, -0.05) is 6.42 Å². The van der Waals surface area contributed by atoms with Crippen molar-refractivity contribution in [2.75, 3.05) is 17.2 Å². The van der Waals surface area contributed by atoms with Gasteiger partial charge in [-0.05, 0) is 44.7 Å². The molecular weight excluding hydrogens is 466 g/mol. The van der Waals surface area contributed by atoms with E-state index in [9.17, 15) is 8.42 Å². The number of aromatic amines is 1. The summed E-state index contributed by atoms with van der Waals surface area (Å²) in [6.07, 6.45) is 5.95. The number of rotatable bonds is 8. The Hall–Kier alpha value is -3.27. The zero-order valence-corrected chi connectivity index (χ0v) is 20.3. The summed E-state index contributed by atoms with van der Waals surface area (Å²) in [6.45, 7) is 2.07. The van der Waals surface area contributed by atoms with Crippen LogP contribution in [0.2, 0.25) is 0 Å². The van der Waals surface area contributed by atoms with Gasteiger partial charge < -0.3 is 10.6 Å². The summed E-state index contributed by atoms with van der Waals surface area (Å²) in [7, 11) is -3.63. The van der Waals surface area contributed by atoms with Crippen molar-refractivity contribution in [1.82, 2.24) is 29.2 Å². The van der Waals surface area contributed by atoms with Crippen LogP contribution < -0.4 is 15.4 Å². The predicted octanol–water partition coefficient (Wildman–Crippen LogP) is 2.95. The molecule has 2 fully saturated rings. The van der Waals surface area contributed by atoms with Gasteiger partial charge in [0.2, 0.25) is 0 Å². The molecule has 3 aromatic heterocycles. The molecule has 2 bridgehead atoms. The fraction of sp³-hybridized carbons (Fsp3) is 0.478. The first kappa shape index (κ1) is 23.5. The number of aromatic nitrogens is 4. The van der Waals surface area contributed by atoms with E-state index in [1.54, 1.807) is 10.5 Å². The summed E-state index contributed by atoms with van der Waals surface area (Å²) in [5.74, 6) is 2.03. The van der Waals surface area contributed by atoms with Crippen LogP contribution >= 0.6 is 0 Å².